The number of carbonyl (C=O) groups excluding carboxylic acids is 1. The van der Waals surface area contributed by atoms with Gasteiger partial charge in [0.05, 0.1) is 5.56 Å². The zero-order chi connectivity index (χ0) is 22.2. The summed E-state index contributed by atoms with van der Waals surface area (Å²) in [6.45, 7) is 8.33. The first kappa shape index (κ1) is 20.3. The van der Waals surface area contributed by atoms with Crippen molar-refractivity contribution in [1.82, 2.24) is 9.80 Å². The highest BCUT2D eigenvalue weighted by atomic mass is 16.5. The number of piperazine rings is 1. The molecular weight excluding hydrogens is 398 g/mol. The van der Waals surface area contributed by atoms with E-state index in [1.807, 2.05) is 53.4 Å². The van der Waals surface area contributed by atoms with Gasteiger partial charge in [0.2, 0.25) is 0 Å². The number of benzene rings is 3. The Kier molecular flexibility index (Phi) is 5.17. The summed E-state index contributed by atoms with van der Waals surface area (Å²) in [7, 11) is 0. The Morgan fingerprint density at radius 1 is 0.938 bits per heavy atom. The van der Waals surface area contributed by atoms with Crippen LogP contribution in [0.5, 0.6) is 11.5 Å². The maximum absolute atomic E-state index is 13.0. The summed E-state index contributed by atoms with van der Waals surface area (Å²) >= 11 is 0. The molecule has 1 saturated heterocycles. The standard InChI is InChI=1S/C27H27N3O2/c1-18-10-12-24-22(15-18)26(28-23-11-9-19(2)16-25(23)32-24)29-13-14-30(20(3)17-29)27(31)21-7-5-4-6-8-21/h4-12,15-16,20H,13-14,17H2,1-3H3. The quantitative estimate of drug-likeness (QED) is 0.529. The first-order valence-electron chi connectivity index (χ1n) is 11.1. The van der Waals surface area contributed by atoms with E-state index in [0.717, 1.165) is 51.8 Å². The third kappa shape index (κ3) is 3.75. The molecule has 0 bridgehead atoms. The molecule has 1 amide bonds. The van der Waals surface area contributed by atoms with Gasteiger partial charge in [0.1, 0.15) is 17.3 Å². The average molecular weight is 426 g/mol. The van der Waals surface area contributed by atoms with Crippen molar-refractivity contribution in [1.29, 1.82) is 0 Å². The third-order valence-corrected chi connectivity index (χ3v) is 6.15. The van der Waals surface area contributed by atoms with Crippen molar-refractivity contribution in [3.05, 3.63) is 89.0 Å². The Hall–Kier alpha value is -3.60. The van der Waals surface area contributed by atoms with Crippen molar-refractivity contribution in [2.24, 2.45) is 4.99 Å². The Morgan fingerprint density at radius 2 is 1.69 bits per heavy atom. The molecule has 1 atom stereocenters. The monoisotopic (exact) mass is 425 g/mol. The number of fused-ring (bicyclic) bond motifs is 2. The van der Waals surface area contributed by atoms with E-state index in [1.165, 1.54) is 0 Å². The molecule has 1 unspecified atom stereocenters. The number of ether oxygens (including phenoxy) is 1. The van der Waals surface area contributed by atoms with Crippen LogP contribution in [-0.4, -0.2) is 47.2 Å². The van der Waals surface area contributed by atoms with Crippen LogP contribution in [0.2, 0.25) is 0 Å². The highest BCUT2D eigenvalue weighted by Crippen LogP contribution is 2.39. The van der Waals surface area contributed by atoms with E-state index in [9.17, 15) is 4.79 Å². The summed E-state index contributed by atoms with van der Waals surface area (Å²) in [5, 5.41) is 0. The Balaban J connectivity index is 1.48. The minimum atomic E-state index is 0.0640. The topological polar surface area (TPSA) is 45.1 Å². The second-order valence-corrected chi connectivity index (χ2v) is 8.67. The zero-order valence-corrected chi connectivity index (χ0v) is 18.7. The molecule has 2 aliphatic rings. The van der Waals surface area contributed by atoms with Crippen LogP contribution < -0.4 is 4.74 Å². The number of amidine groups is 1. The first-order valence-corrected chi connectivity index (χ1v) is 11.1. The second kappa shape index (κ2) is 8.15. The Labute approximate surface area is 189 Å². The maximum Gasteiger partial charge on any atom is 0.254 e. The van der Waals surface area contributed by atoms with Gasteiger partial charge in [0, 0.05) is 31.2 Å². The van der Waals surface area contributed by atoms with Gasteiger partial charge in [0.25, 0.3) is 5.91 Å². The fourth-order valence-corrected chi connectivity index (χ4v) is 4.44. The number of aryl methyl sites for hydroxylation is 2. The average Bonchev–Trinajstić information content (AvgIpc) is 2.95. The number of amides is 1. The number of carbonyl (C=O) groups is 1. The van der Waals surface area contributed by atoms with Gasteiger partial charge in [-0.05, 0) is 62.7 Å². The minimum Gasteiger partial charge on any atom is -0.454 e. The van der Waals surface area contributed by atoms with Crippen molar-refractivity contribution in [2.75, 3.05) is 19.6 Å². The van der Waals surface area contributed by atoms with E-state index in [1.54, 1.807) is 0 Å². The molecule has 0 spiro atoms. The van der Waals surface area contributed by atoms with Crippen molar-refractivity contribution in [3.8, 4) is 11.5 Å². The van der Waals surface area contributed by atoms with Gasteiger partial charge < -0.3 is 14.5 Å². The van der Waals surface area contributed by atoms with Crippen molar-refractivity contribution >= 4 is 17.4 Å². The molecule has 32 heavy (non-hydrogen) atoms. The molecule has 5 nitrogen and oxygen atoms in total. The van der Waals surface area contributed by atoms with E-state index in [-0.39, 0.29) is 11.9 Å². The highest BCUT2D eigenvalue weighted by molar-refractivity contribution is 6.04. The molecule has 5 rings (SSSR count). The van der Waals surface area contributed by atoms with Crippen molar-refractivity contribution in [2.45, 2.75) is 26.8 Å². The molecule has 2 aliphatic heterocycles. The lowest BCUT2D eigenvalue weighted by molar-refractivity contribution is 0.0581. The Morgan fingerprint density at radius 3 is 2.47 bits per heavy atom. The normalized spacial score (nSPS) is 17.6. The van der Waals surface area contributed by atoms with Crippen LogP contribution >= 0.6 is 0 Å². The maximum atomic E-state index is 13.0. The van der Waals surface area contributed by atoms with Gasteiger partial charge in [0.15, 0.2) is 5.75 Å². The smallest absolute Gasteiger partial charge is 0.254 e. The lowest BCUT2D eigenvalue weighted by atomic mass is 10.1. The van der Waals surface area contributed by atoms with Gasteiger partial charge in [-0.2, -0.15) is 0 Å². The lowest BCUT2D eigenvalue weighted by Gasteiger charge is -2.41. The largest absolute Gasteiger partial charge is 0.454 e. The third-order valence-electron chi connectivity index (χ3n) is 6.15. The van der Waals surface area contributed by atoms with Crippen LogP contribution in [0.4, 0.5) is 5.69 Å². The molecule has 0 radical (unpaired) electrons. The minimum absolute atomic E-state index is 0.0640. The number of aliphatic imine (C=N–C) groups is 1. The SMILES string of the molecule is Cc1ccc2c(c1)Oc1ccc(C)cc1C(N1CCN(C(=O)c3ccccc3)C(C)C1)=N2. The molecule has 1 fully saturated rings. The van der Waals surface area contributed by atoms with Gasteiger partial charge in [-0.1, -0.05) is 35.9 Å². The van der Waals surface area contributed by atoms with E-state index >= 15 is 0 Å². The molecular formula is C27H27N3O2. The van der Waals surface area contributed by atoms with Crippen LogP contribution in [0.1, 0.15) is 34.0 Å². The van der Waals surface area contributed by atoms with Crippen LogP contribution in [0.3, 0.4) is 0 Å². The number of rotatable bonds is 1. The predicted molar refractivity (Wildman–Crippen MR) is 127 cm³/mol. The Bertz CT molecular complexity index is 1200. The fraction of sp³-hybridized carbons (Fsp3) is 0.259. The molecule has 0 N–H and O–H groups in total. The zero-order valence-electron chi connectivity index (χ0n) is 18.7. The molecule has 3 aromatic rings. The summed E-state index contributed by atoms with van der Waals surface area (Å²) < 4.78 is 6.30. The summed E-state index contributed by atoms with van der Waals surface area (Å²) in [5.41, 5.74) is 4.85. The van der Waals surface area contributed by atoms with E-state index in [0.29, 0.717) is 13.1 Å². The van der Waals surface area contributed by atoms with Gasteiger partial charge in [-0.3, -0.25) is 4.79 Å². The van der Waals surface area contributed by atoms with Crippen LogP contribution in [0, 0.1) is 13.8 Å². The number of hydrogen-bond donors (Lipinski definition) is 0. The second-order valence-electron chi connectivity index (χ2n) is 8.67. The summed E-state index contributed by atoms with van der Waals surface area (Å²) in [4.78, 5) is 22.4. The van der Waals surface area contributed by atoms with Crippen LogP contribution in [0.25, 0.3) is 0 Å². The van der Waals surface area contributed by atoms with E-state index in [4.69, 9.17) is 9.73 Å². The van der Waals surface area contributed by atoms with E-state index in [2.05, 4.69) is 43.9 Å². The van der Waals surface area contributed by atoms with Crippen LogP contribution in [-0.2, 0) is 0 Å². The lowest BCUT2D eigenvalue weighted by Crippen LogP contribution is -2.55. The number of hydrogen-bond acceptors (Lipinski definition) is 4. The highest BCUT2D eigenvalue weighted by Gasteiger charge is 2.32. The fourth-order valence-electron chi connectivity index (χ4n) is 4.44. The van der Waals surface area contributed by atoms with Crippen LogP contribution in [0.15, 0.2) is 71.7 Å². The molecule has 2 heterocycles. The van der Waals surface area contributed by atoms with Crippen molar-refractivity contribution in [3.63, 3.8) is 0 Å². The van der Waals surface area contributed by atoms with Gasteiger partial charge in [-0.25, -0.2) is 4.99 Å². The van der Waals surface area contributed by atoms with Gasteiger partial charge in [-0.15, -0.1) is 0 Å². The summed E-state index contributed by atoms with van der Waals surface area (Å²) in [5.74, 6) is 2.58. The molecule has 5 heteroatoms. The summed E-state index contributed by atoms with van der Waals surface area (Å²) in [6, 6.07) is 21.9. The molecule has 3 aromatic carbocycles. The molecule has 162 valence electrons. The first-order chi connectivity index (χ1) is 15.5. The molecule has 0 aliphatic carbocycles. The van der Waals surface area contributed by atoms with E-state index < -0.39 is 0 Å². The van der Waals surface area contributed by atoms with Gasteiger partial charge >= 0.3 is 0 Å². The molecule has 0 saturated carbocycles. The van der Waals surface area contributed by atoms with Crippen molar-refractivity contribution < 1.29 is 9.53 Å². The predicted octanol–water partition coefficient (Wildman–Crippen LogP) is 5.33. The molecule has 0 aromatic heterocycles. The summed E-state index contributed by atoms with van der Waals surface area (Å²) in [6.07, 6.45) is 0. The number of nitrogens with zero attached hydrogens (tertiary/aromatic N) is 3.